The minimum atomic E-state index is -0.172. The molecule has 0 saturated heterocycles. The average Bonchev–Trinajstić information content (AvgIpc) is 2.44. The molecule has 3 N–H and O–H groups in total. The summed E-state index contributed by atoms with van der Waals surface area (Å²) in [6.45, 7) is 2.29. The van der Waals surface area contributed by atoms with Crippen LogP contribution in [0.3, 0.4) is 0 Å². The molecule has 3 atom stereocenters. The van der Waals surface area contributed by atoms with Crippen LogP contribution in [0, 0.1) is 5.92 Å². The summed E-state index contributed by atoms with van der Waals surface area (Å²) in [7, 11) is 1.81. The van der Waals surface area contributed by atoms with Gasteiger partial charge in [0, 0.05) is 12.1 Å². The summed E-state index contributed by atoms with van der Waals surface area (Å²) in [5, 5.41) is 0.766. The van der Waals surface area contributed by atoms with Gasteiger partial charge in [0.05, 0.1) is 11.6 Å². The van der Waals surface area contributed by atoms with Gasteiger partial charge in [0.2, 0.25) is 0 Å². The van der Waals surface area contributed by atoms with Crippen LogP contribution in [0.4, 0.5) is 0 Å². The molecule has 112 valence electrons. The maximum absolute atomic E-state index is 6.07. The van der Waals surface area contributed by atoms with Crippen LogP contribution in [0.5, 0.6) is 0 Å². The van der Waals surface area contributed by atoms with Gasteiger partial charge in [0.15, 0.2) is 0 Å². The van der Waals surface area contributed by atoms with E-state index in [9.17, 15) is 0 Å². The van der Waals surface area contributed by atoms with Crippen LogP contribution in [0.2, 0.25) is 5.02 Å². The summed E-state index contributed by atoms with van der Waals surface area (Å²) < 4.78 is 5.93. The van der Waals surface area contributed by atoms with E-state index in [1.165, 1.54) is 18.4 Å². The quantitative estimate of drug-likeness (QED) is 0.647. The van der Waals surface area contributed by atoms with Gasteiger partial charge in [-0.05, 0) is 42.9 Å². The first-order chi connectivity index (χ1) is 9.59. The molecule has 1 fully saturated rings. The van der Waals surface area contributed by atoms with Gasteiger partial charge in [0.25, 0.3) is 0 Å². The van der Waals surface area contributed by atoms with Gasteiger partial charge in [-0.3, -0.25) is 11.3 Å². The van der Waals surface area contributed by atoms with Gasteiger partial charge in [-0.1, -0.05) is 43.5 Å². The number of hydrazine groups is 1. The summed E-state index contributed by atoms with van der Waals surface area (Å²) in [4.78, 5) is 0. The van der Waals surface area contributed by atoms with Gasteiger partial charge in [0.1, 0.15) is 0 Å². The van der Waals surface area contributed by atoms with Gasteiger partial charge in [-0.15, -0.1) is 0 Å². The fraction of sp³-hybridized carbons (Fsp3) is 0.625. The Balaban J connectivity index is 2.17. The molecular weight excluding hydrogens is 272 g/mol. The van der Waals surface area contributed by atoms with Crippen molar-refractivity contribution in [2.75, 3.05) is 7.11 Å². The molecule has 1 aliphatic carbocycles. The Kier molecular flexibility index (Phi) is 5.44. The largest absolute Gasteiger partial charge is 0.377 e. The maximum atomic E-state index is 6.07. The van der Waals surface area contributed by atoms with E-state index >= 15 is 0 Å². The third-order valence-corrected chi connectivity index (χ3v) is 4.80. The van der Waals surface area contributed by atoms with Crippen LogP contribution < -0.4 is 11.3 Å². The van der Waals surface area contributed by atoms with Gasteiger partial charge in [-0.25, -0.2) is 0 Å². The first-order valence-corrected chi connectivity index (χ1v) is 7.73. The SMILES string of the molecule is COC1(C(Cc2cccc(Cl)c2)NN)CCCC(C)C1. The van der Waals surface area contributed by atoms with Crippen molar-refractivity contribution in [2.24, 2.45) is 11.8 Å². The summed E-state index contributed by atoms with van der Waals surface area (Å²) in [6, 6.07) is 8.07. The van der Waals surface area contributed by atoms with Crippen LogP contribution in [0.15, 0.2) is 24.3 Å². The van der Waals surface area contributed by atoms with Crippen molar-refractivity contribution in [1.82, 2.24) is 5.43 Å². The zero-order valence-electron chi connectivity index (χ0n) is 12.4. The second kappa shape index (κ2) is 6.90. The van der Waals surface area contributed by atoms with Crippen molar-refractivity contribution in [3.8, 4) is 0 Å². The van der Waals surface area contributed by atoms with Gasteiger partial charge in [-0.2, -0.15) is 0 Å². The molecular formula is C16H25ClN2O. The molecule has 1 aromatic carbocycles. The van der Waals surface area contributed by atoms with Gasteiger partial charge >= 0.3 is 0 Å². The Labute approximate surface area is 126 Å². The van der Waals surface area contributed by atoms with E-state index < -0.39 is 0 Å². The van der Waals surface area contributed by atoms with E-state index in [1.54, 1.807) is 7.11 Å². The predicted octanol–water partition coefficient (Wildman–Crippen LogP) is 3.31. The molecule has 0 spiro atoms. The third kappa shape index (κ3) is 3.53. The van der Waals surface area contributed by atoms with Crippen LogP contribution in [0.25, 0.3) is 0 Å². The van der Waals surface area contributed by atoms with Crippen molar-refractivity contribution in [3.05, 3.63) is 34.9 Å². The molecule has 3 unspecified atom stereocenters. The highest BCUT2D eigenvalue weighted by atomic mass is 35.5. The number of ether oxygens (including phenoxy) is 1. The summed E-state index contributed by atoms with van der Waals surface area (Å²) in [5.41, 5.74) is 4.00. The minimum absolute atomic E-state index is 0.105. The fourth-order valence-corrected chi connectivity index (χ4v) is 3.70. The van der Waals surface area contributed by atoms with Crippen molar-refractivity contribution in [1.29, 1.82) is 0 Å². The number of methoxy groups -OCH3 is 1. The average molecular weight is 297 g/mol. The molecule has 1 saturated carbocycles. The van der Waals surface area contributed by atoms with Crippen molar-refractivity contribution < 1.29 is 4.74 Å². The second-order valence-electron chi connectivity index (χ2n) is 6.02. The first-order valence-electron chi connectivity index (χ1n) is 7.35. The lowest BCUT2D eigenvalue weighted by atomic mass is 9.73. The zero-order chi connectivity index (χ0) is 14.6. The molecule has 1 aliphatic rings. The first kappa shape index (κ1) is 15.8. The topological polar surface area (TPSA) is 47.3 Å². The number of rotatable bonds is 5. The number of benzene rings is 1. The lowest BCUT2D eigenvalue weighted by Gasteiger charge is -2.44. The van der Waals surface area contributed by atoms with Crippen molar-refractivity contribution >= 4 is 11.6 Å². The normalized spacial score (nSPS) is 28.3. The van der Waals surface area contributed by atoms with E-state index in [-0.39, 0.29) is 11.6 Å². The Morgan fingerprint density at radius 2 is 2.35 bits per heavy atom. The summed E-state index contributed by atoms with van der Waals surface area (Å²) in [5.74, 6) is 6.51. The molecule has 1 aromatic rings. The van der Waals surface area contributed by atoms with E-state index in [4.69, 9.17) is 22.2 Å². The number of hydrogen-bond acceptors (Lipinski definition) is 3. The van der Waals surface area contributed by atoms with E-state index in [2.05, 4.69) is 18.4 Å². The Morgan fingerprint density at radius 3 is 2.95 bits per heavy atom. The van der Waals surface area contributed by atoms with E-state index in [0.717, 1.165) is 24.3 Å². The highest BCUT2D eigenvalue weighted by Crippen LogP contribution is 2.38. The van der Waals surface area contributed by atoms with Gasteiger partial charge < -0.3 is 4.74 Å². The van der Waals surface area contributed by atoms with Crippen LogP contribution in [-0.2, 0) is 11.2 Å². The Bertz CT molecular complexity index is 440. The zero-order valence-corrected chi connectivity index (χ0v) is 13.1. The fourth-order valence-electron chi connectivity index (χ4n) is 3.48. The lowest BCUT2D eigenvalue weighted by Crippen LogP contribution is -2.57. The Morgan fingerprint density at radius 1 is 1.55 bits per heavy atom. The van der Waals surface area contributed by atoms with Crippen LogP contribution in [-0.4, -0.2) is 18.8 Å². The molecule has 20 heavy (non-hydrogen) atoms. The highest BCUT2D eigenvalue weighted by Gasteiger charge is 2.41. The molecule has 0 radical (unpaired) electrons. The third-order valence-electron chi connectivity index (χ3n) is 4.56. The molecule has 0 bridgehead atoms. The van der Waals surface area contributed by atoms with Crippen molar-refractivity contribution in [3.63, 3.8) is 0 Å². The summed E-state index contributed by atoms with van der Waals surface area (Å²) in [6.07, 6.45) is 5.42. The predicted molar refractivity (Wildman–Crippen MR) is 83.6 cm³/mol. The van der Waals surface area contributed by atoms with E-state index in [0.29, 0.717) is 5.92 Å². The second-order valence-corrected chi connectivity index (χ2v) is 6.46. The highest BCUT2D eigenvalue weighted by molar-refractivity contribution is 6.30. The van der Waals surface area contributed by atoms with Crippen molar-refractivity contribution in [2.45, 2.75) is 50.7 Å². The van der Waals surface area contributed by atoms with Crippen LogP contribution >= 0.6 is 11.6 Å². The molecule has 3 nitrogen and oxygen atoms in total. The number of nitrogens with one attached hydrogen (secondary N) is 1. The number of nitrogens with two attached hydrogens (primary N) is 1. The Hall–Kier alpha value is -0.610. The molecule has 2 rings (SSSR count). The monoisotopic (exact) mass is 296 g/mol. The standard InChI is InChI=1S/C16H25ClN2O/c1-12-5-4-8-16(11-12,20-2)15(19-18)10-13-6-3-7-14(17)9-13/h3,6-7,9,12,15,19H,4-5,8,10-11,18H2,1-2H3. The van der Waals surface area contributed by atoms with Crippen LogP contribution in [0.1, 0.15) is 38.2 Å². The minimum Gasteiger partial charge on any atom is -0.377 e. The number of hydrogen-bond donors (Lipinski definition) is 2. The molecule has 0 amide bonds. The molecule has 0 heterocycles. The summed E-state index contributed by atoms with van der Waals surface area (Å²) >= 11 is 6.07. The molecule has 0 aliphatic heterocycles. The van der Waals surface area contributed by atoms with E-state index in [1.807, 2.05) is 18.2 Å². The number of halogens is 1. The lowest BCUT2D eigenvalue weighted by molar-refractivity contribution is -0.0791. The maximum Gasteiger partial charge on any atom is 0.0850 e. The smallest absolute Gasteiger partial charge is 0.0850 e. The molecule has 4 heteroatoms. The molecule has 0 aromatic heterocycles.